The van der Waals surface area contributed by atoms with Gasteiger partial charge in [-0.25, -0.2) is 4.79 Å². The number of aromatic amines is 1. The molecule has 0 spiro atoms. The van der Waals surface area contributed by atoms with Crippen LogP contribution in [0.5, 0.6) is 0 Å². The van der Waals surface area contributed by atoms with Gasteiger partial charge in [-0.3, -0.25) is 4.79 Å². The summed E-state index contributed by atoms with van der Waals surface area (Å²) in [6.45, 7) is 5.79. The number of carbonyl (C=O) groups excluding carboxylic acids is 2. The van der Waals surface area contributed by atoms with Crippen LogP contribution < -0.4 is 0 Å². The van der Waals surface area contributed by atoms with Gasteiger partial charge in [-0.1, -0.05) is 11.6 Å². The number of nitrogens with one attached hydrogen (secondary N) is 1. The third-order valence-corrected chi connectivity index (χ3v) is 2.84. The number of carbonyl (C=O) groups is 2. The summed E-state index contributed by atoms with van der Waals surface area (Å²) < 4.78 is 4.73. The number of benzene rings is 1. The molecular formula is C14H15NO3. The van der Waals surface area contributed by atoms with Gasteiger partial charge < -0.3 is 9.72 Å². The highest BCUT2D eigenvalue weighted by Crippen LogP contribution is 2.23. The van der Waals surface area contributed by atoms with Crippen LogP contribution in [0.2, 0.25) is 0 Å². The molecule has 0 aliphatic rings. The summed E-state index contributed by atoms with van der Waals surface area (Å²) in [5.74, 6) is -1.41. The van der Waals surface area contributed by atoms with Gasteiger partial charge in [0.15, 0.2) is 0 Å². The van der Waals surface area contributed by atoms with Gasteiger partial charge in [0, 0.05) is 17.1 Å². The summed E-state index contributed by atoms with van der Waals surface area (Å²) in [6, 6.07) is 3.92. The topological polar surface area (TPSA) is 59.2 Å². The highest BCUT2D eigenvalue weighted by molar-refractivity contribution is 6.43. The average Bonchev–Trinajstić information content (AvgIpc) is 2.72. The van der Waals surface area contributed by atoms with E-state index in [-0.39, 0.29) is 6.61 Å². The Kier molecular flexibility index (Phi) is 3.19. The molecule has 1 heterocycles. The molecule has 1 aromatic heterocycles. The first-order chi connectivity index (χ1) is 8.54. The Bertz CT molecular complexity index is 625. The Labute approximate surface area is 105 Å². The number of hydrogen-bond acceptors (Lipinski definition) is 3. The molecule has 0 bridgehead atoms. The summed E-state index contributed by atoms with van der Waals surface area (Å²) in [5, 5.41) is 0.769. The highest BCUT2D eigenvalue weighted by Gasteiger charge is 2.21. The average molecular weight is 245 g/mol. The van der Waals surface area contributed by atoms with Gasteiger partial charge in [-0.15, -0.1) is 0 Å². The van der Waals surface area contributed by atoms with Crippen LogP contribution in [0.3, 0.4) is 0 Å². The maximum atomic E-state index is 11.9. The second kappa shape index (κ2) is 4.64. The fraction of sp³-hybridized carbons (Fsp3) is 0.286. The lowest BCUT2D eigenvalue weighted by Gasteiger charge is -2.02. The van der Waals surface area contributed by atoms with Gasteiger partial charge in [-0.2, -0.15) is 0 Å². The lowest BCUT2D eigenvalue weighted by atomic mass is 10.0. The van der Waals surface area contributed by atoms with E-state index in [4.69, 9.17) is 4.74 Å². The minimum absolute atomic E-state index is 0.199. The molecule has 0 radical (unpaired) electrons. The van der Waals surface area contributed by atoms with E-state index in [9.17, 15) is 9.59 Å². The monoisotopic (exact) mass is 245 g/mol. The van der Waals surface area contributed by atoms with Gasteiger partial charge >= 0.3 is 5.97 Å². The number of rotatable bonds is 3. The van der Waals surface area contributed by atoms with Gasteiger partial charge in [-0.05, 0) is 32.4 Å². The number of aryl methyl sites for hydroxylation is 2. The fourth-order valence-electron chi connectivity index (χ4n) is 2.09. The molecule has 0 amide bonds. The zero-order valence-corrected chi connectivity index (χ0v) is 10.7. The normalized spacial score (nSPS) is 10.6. The molecule has 0 saturated heterocycles. The van der Waals surface area contributed by atoms with Crippen LogP contribution in [0.1, 0.15) is 28.4 Å². The molecule has 0 fully saturated rings. The molecule has 2 rings (SSSR count). The molecule has 4 nitrogen and oxygen atoms in total. The molecule has 18 heavy (non-hydrogen) atoms. The summed E-state index contributed by atoms with van der Waals surface area (Å²) in [4.78, 5) is 26.4. The summed E-state index contributed by atoms with van der Waals surface area (Å²) in [6.07, 6.45) is 1.57. The van der Waals surface area contributed by atoms with Crippen molar-refractivity contribution in [3.8, 4) is 0 Å². The fourth-order valence-corrected chi connectivity index (χ4v) is 2.09. The molecular weight excluding hydrogens is 230 g/mol. The predicted octanol–water partition coefficient (Wildman–Crippen LogP) is 2.53. The number of hydrogen-bond donors (Lipinski definition) is 1. The smallest absolute Gasteiger partial charge is 0.379 e. The third kappa shape index (κ3) is 2.01. The molecule has 1 N–H and O–H groups in total. The number of Topliss-reactive ketones (excluding diaryl/α,β-unsaturated/α-hetero) is 1. The van der Waals surface area contributed by atoms with Crippen molar-refractivity contribution in [2.24, 2.45) is 0 Å². The molecule has 2 aromatic rings. The van der Waals surface area contributed by atoms with Crippen LogP contribution in [0.4, 0.5) is 0 Å². The summed E-state index contributed by atoms with van der Waals surface area (Å²) >= 11 is 0. The largest absolute Gasteiger partial charge is 0.460 e. The summed E-state index contributed by atoms with van der Waals surface area (Å²) in [5.41, 5.74) is 3.36. The molecule has 94 valence electrons. The molecule has 4 heteroatoms. The maximum Gasteiger partial charge on any atom is 0.379 e. The second-order valence-electron chi connectivity index (χ2n) is 4.26. The minimum Gasteiger partial charge on any atom is -0.460 e. The van der Waals surface area contributed by atoms with Crippen molar-refractivity contribution in [1.29, 1.82) is 0 Å². The Morgan fingerprint density at radius 2 is 2.00 bits per heavy atom. The van der Waals surface area contributed by atoms with Crippen molar-refractivity contribution >= 4 is 22.7 Å². The highest BCUT2D eigenvalue weighted by atomic mass is 16.5. The van der Waals surface area contributed by atoms with Crippen molar-refractivity contribution in [3.05, 3.63) is 35.0 Å². The number of ether oxygens (including phenoxy) is 1. The van der Waals surface area contributed by atoms with Gasteiger partial charge in [0.25, 0.3) is 5.78 Å². The quantitative estimate of drug-likeness (QED) is 0.513. The van der Waals surface area contributed by atoms with Crippen molar-refractivity contribution < 1.29 is 14.3 Å². The Balaban J connectivity index is 2.52. The zero-order chi connectivity index (χ0) is 13.3. The van der Waals surface area contributed by atoms with Crippen LogP contribution >= 0.6 is 0 Å². The van der Waals surface area contributed by atoms with Crippen molar-refractivity contribution in [1.82, 2.24) is 4.98 Å². The molecule has 0 unspecified atom stereocenters. The first kappa shape index (κ1) is 12.4. The van der Waals surface area contributed by atoms with Gasteiger partial charge in [0.1, 0.15) is 0 Å². The number of aromatic nitrogens is 1. The van der Waals surface area contributed by atoms with E-state index in [0.29, 0.717) is 5.56 Å². The number of H-pyrrole nitrogens is 1. The Hall–Kier alpha value is -2.10. The first-order valence-corrected chi connectivity index (χ1v) is 5.84. The van der Waals surface area contributed by atoms with Gasteiger partial charge in [0.05, 0.1) is 12.2 Å². The van der Waals surface area contributed by atoms with Crippen LogP contribution in [-0.4, -0.2) is 23.3 Å². The van der Waals surface area contributed by atoms with Crippen LogP contribution in [0, 0.1) is 13.8 Å². The van der Waals surface area contributed by atoms with Crippen molar-refractivity contribution in [2.45, 2.75) is 20.8 Å². The lowest BCUT2D eigenvalue weighted by Crippen LogP contribution is -2.17. The van der Waals surface area contributed by atoms with Crippen LogP contribution in [0.15, 0.2) is 18.3 Å². The molecule has 1 aromatic carbocycles. The number of esters is 1. The first-order valence-electron chi connectivity index (χ1n) is 5.84. The number of ketones is 1. The standard InChI is InChI=1S/C14H15NO3/c1-4-18-14(17)13(16)11-7-15-12-9(3)5-8(2)6-10(11)12/h5-7,15H,4H2,1-3H3. The van der Waals surface area contributed by atoms with E-state index in [1.807, 2.05) is 26.0 Å². The molecule has 0 aliphatic carbocycles. The van der Waals surface area contributed by atoms with E-state index < -0.39 is 11.8 Å². The lowest BCUT2D eigenvalue weighted by molar-refractivity contribution is -0.137. The van der Waals surface area contributed by atoms with Crippen molar-refractivity contribution in [2.75, 3.05) is 6.61 Å². The third-order valence-electron chi connectivity index (χ3n) is 2.84. The maximum absolute atomic E-state index is 11.9. The SMILES string of the molecule is CCOC(=O)C(=O)c1c[nH]c2c(C)cc(C)cc12. The second-order valence-corrected chi connectivity index (χ2v) is 4.26. The van der Waals surface area contributed by atoms with E-state index >= 15 is 0 Å². The van der Waals surface area contributed by atoms with E-state index in [1.165, 1.54) is 0 Å². The predicted molar refractivity (Wildman–Crippen MR) is 68.7 cm³/mol. The van der Waals surface area contributed by atoms with Crippen LogP contribution in [-0.2, 0) is 9.53 Å². The van der Waals surface area contributed by atoms with Crippen molar-refractivity contribution in [3.63, 3.8) is 0 Å². The summed E-state index contributed by atoms with van der Waals surface area (Å²) in [7, 11) is 0. The van der Waals surface area contributed by atoms with E-state index in [0.717, 1.165) is 22.0 Å². The Morgan fingerprint density at radius 3 is 2.67 bits per heavy atom. The number of fused-ring (bicyclic) bond motifs is 1. The Morgan fingerprint density at radius 1 is 1.28 bits per heavy atom. The van der Waals surface area contributed by atoms with E-state index in [1.54, 1.807) is 13.1 Å². The molecule has 0 saturated carbocycles. The molecule has 0 aliphatic heterocycles. The van der Waals surface area contributed by atoms with Gasteiger partial charge in [0.2, 0.25) is 0 Å². The van der Waals surface area contributed by atoms with Crippen LogP contribution in [0.25, 0.3) is 10.9 Å². The van der Waals surface area contributed by atoms with E-state index in [2.05, 4.69) is 4.98 Å². The minimum atomic E-state index is -0.808. The zero-order valence-electron chi connectivity index (χ0n) is 10.7. The molecule has 0 atom stereocenters.